The Morgan fingerprint density at radius 1 is 1.00 bits per heavy atom. The van der Waals surface area contributed by atoms with Crippen molar-refractivity contribution in [3.8, 4) is 5.75 Å². The van der Waals surface area contributed by atoms with Crippen molar-refractivity contribution in [3.05, 3.63) is 82.7 Å². The van der Waals surface area contributed by atoms with Crippen molar-refractivity contribution in [3.63, 3.8) is 0 Å². The maximum absolute atomic E-state index is 12.7. The van der Waals surface area contributed by atoms with Gasteiger partial charge < -0.3 is 15.4 Å². The van der Waals surface area contributed by atoms with Crippen molar-refractivity contribution in [2.75, 3.05) is 17.7 Å². The van der Waals surface area contributed by atoms with E-state index in [-0.39, 0.29) is 5.91 Å². The van der Waals surface area contributed by atoms with Crippen molar-refractivity contribution < 1.29 is 9.53 Å². The SMILES string of the molecule is COc1ccc(CNc2cncc(C(=O)Nc3c(C)cc(C)cc3C)c2)cc1. The van der Waals surface area contributed by atoms with E-state index in [2.05, 4.69) is 27.8 Å². The molecule has 0 aliphatic heterocycles. The normalized spacial score (nSPS) is 10.4. The van der Waals surface area contributed by atoms with Crippen LogP contribution < -0.4 is 15.4 Å². The van der Waals surface area contributed by atoms with Crippen molar-refractivity contribution in [1.29, 1.82) is 0 Å². The molecule has 0 spiro atoms. The highest BCUT2D eigenvalue weighted by Crippen LogP contribution is 2.23. The number of nitrogens with zero attached hydrogens (tertiary/aromatic N) is 1. The summed E-state index contributed by atoms with van der Waals surface area (Å²) in [4.78, 5) is 16.9. The van der Waals surface area contributed by atoms with Gasteiger partial charge >= 0.3 is 0 Å². The lowest BCUT2D eigenvalue weighted by atomic mass is 10.0. The number of aromatic nitrogens is 1. The molecule has 28 heavy (non-hydrogen) atoms. The molecule has 0 unspecified atom stereocenters. The van der Waals surface area contributed by atoms with Gasteiger partial charge in [-0.25, -0.2) is 0 Å². The minimum Gasteiger partial charge on any atom is -0.497 e. The number of carbonyl (C=O) groups excluding carboxylic acids is 1. The van der Waals surface area contributed by atoms with Gasteiger partial charge in [0.15, 0.2) is 0 Å². The Bertz CT molecular complexity index is 958. The molecule has 0 saturated heterocycles. The number of benzene rings is 2. The van der Waals surface area contributed by atoms with Gasteiger partial charge in [0.1, 0.15) is 5.75 Å². The van der Waals surface area contributed by atoms with E-state index in [1.54, 1.807) is 19.5 Å². The molecule has 0 atom stereocenters. The second-order valence-corrected chi connectivity index (χ2v) is 6.89. The zero-order valence-electron chi connectivity index (χ0n) is 16.7. The molecule has 0 fully saturated rings. The second-order valence-electron chi connectivity index (χ2n) is 6.89. The Morgan fingerprint density at radius 2 is 1.68 bits per heavy atom. The number of anilines is 2. The van der Waals surface area contributed by atoms with Gasteiger partial charge in [0, 0.05) is 24.6 Å². The minimum atomic E-state index is -0.171. The highest BCUT2D eigenvalue weighted by molar-refractivity contribution is 6.05. The van der Waals surface area contributed by atoms with E-state index in [0.29, 0.717) is 12.1 Å². The van der Waals surface area contributed by atoms with Gasteiger partial charge in [0.2, 0.25) is 0 Å². The van der Waals surface area contributed by atoms with Gasteiger partial charge in [-0.15, -0.1) is 0 Å². The predicted molar refractivity (Wildman–Crippen MR) is 113 cm³/mol. The van der Waals surface area contributed by atoms with Crippen molar-refractivity contribution >= 4 is 17.3 Å². The van der Waals surface area contributed by atoms with E-state index in [1.807, 2.05) is 51.1 Å². The van der Waals surface area contributed by atoms with E-state index < -0.39 is 0 Å². The Kier molecular flexibility index (Phi) is 5.94. The quantitative estimate of drug-likeness (QED) is 0.644. The predicted octanol–water partition coefficient (Wildman–Crippen LogP) is 4.88. The monoisotopic (exact) mass is 375 g/mol. The van der Waals surface area contributed by atoms with Crippen molar-refractivity contribution in [2.45, 2.75) is 27.3 Å². The molecule has 3 rings (SSSR count). The van der Waals surface area contributed by atoms with Gasteiger partial charge in [-0.2, -0.15) is 0 Å². The number of hydrogen-bond donors (Lipinski definition) is 2. The van der Waals surface area contributed by atoms with Crippen molar-refractivity contribution in [1.82, 2.24) is 4.98 Å². The van der Waals surface area contributed by atoms with E-state index in [0.717, 1.165) is 33.8 Å². The van der Waals surface area contributed by atoms with Crippen LogP contribution in [0, 0.1) is 20.8 Å². The van der Waals surface area contributed by atoms with E-state index in [1.165, 1.54) is 5.56 Å². The van der Waals surface area contributed by atoms with Gasteiger partial charge in [0.05, 0.1) is 18.4 Å². The first-order valence-corrected chi connectivity index (χ1v) is 9.17. The molecule has 0 aliphatic carbocycles. The molecule has 3 aromatic rings. The first kappa shape index (κ1) is 19.4. The summed E-state index contributed by atoms with van der Waals surface area (Å²) in [5.74, 6) is 0.654. The number of amides is 1. The fraction of sp³-hybridized carbons (Fsp3) is 0.217. The molecule has 1 amide bonds. The summed E-state index contributed by atoms with van der Waals surface area (Å²) >= 11 is 0. The van der Waals surface area contributed by atoms with Gasteiger partial charge in [-0.05, 0) is 55.7 Å². The molecule has 1 heterocycles. The lowest BCUT2D eigenvalue weighted by Gasteiger charge is -2.13. The maximum Gasteiger partial charge on any atom is 0.257 e. The molecule has 0 radical (unpaired) electrons. The van der Waals surface area contributed by atoms with Crippen LogP contribution >= 0.6 is 0 Å². The average Bonchev–Trinajstić information content (AvgIpc) is 2.69. The molecule has 2 aromatic carbocycles. The van der Waals surface area contributed by atoms with E-state index in [4.69, 9.17) is 4.74 Å². The molecule has 0 bridgehead atoms. The topological polar surface area (TPSA) is 63.2 Å². The number of methoxy groups -OCH3 is 1. The molecule has 0 aliphatic rings. The van der Waals surface area contributed by atoms with Gasteiger partial charge in [-0.3, -0.25) is 9.78 Å². The summed E-state index contributed by atoms with van der Waals surface area (Å²) in [5, 5.41) is 6.32. The van der Waals surface area contributed by atoms with Crippen LogP contribution in [0.3, 0.4) is 0 Å². The molecule has 5 nitrogen and oxygen atoms in total. The van der Waals surface area contributed by atoms with Crippen LogP contribution in [-0.2, 0) is 6.54 Å². The molecule has 1 aromatic heterocycles. The van der Waals surface area contributed by atoms with Crippen LogP contribution in [0.2, 0.25) is 0 Å². The third kappa shape index (κ3) is 4.68. The second kappa shape index (κ2) is 8.57. The molecular formula is C23H25N3O2. The summed E-state index contributed by atoms with van der Waals surface area (Å²) in [6.45, 7) is 6.68. The van der Waals surface area contributed by atoms with Crippen LogP contribution in [0.5, 0.6) is 5.75 Å². The van der Waals surface area contributed by atoms with E-state index >= 15 is 0 Å². The van der Waals surface area contributed by atoms with Crippen LogP contribution in [0.15, 0.2) is 54.9 Å². The third-order valence-electron chi connectivity index (χ3n) is 4.57. The molecule has 2 N–H and O–H groups in total. The molecule has 144 valence electrons. The molecule has 5 heteroatoms. The lowest BCUT2D eigenvalue weighted by molar-refractivity contribution is 0.102. The zero-order valence-corrected chi connectivity index (χ0v) is 16.7. The third-order valence-corrected chi connectivity index (χ3v) is 4.57. The fourth-order valence-electron chi connectivity index (χ4n) is 3.17. The van der Waals surface area contributed by atoms with Gasteiger partial charge in [-0.1, -0.05) is 29.8 Å². The number of carbonyl (C=O) groups is 1. The lowest BCUT2D eigenvalue weighted by Crippen LogP contribution is -2.14. The Balaban J connectivity index is 1.69. The highest BCUT2D eigenvalue weighted by atomic mass is 16.5. The van der Waals surface area contributed by atoms with Crippen LogP contribution in [0.4, 0.5) is 11.4 Å². The Labute approximate surface area is 165 Å². The summed E-state index contributed by atoms with van der Waals surface area (Å²) in [6, 6.07) is 13.8. The first-order valence-electron chi connectivity index (χ1n) is 9.17. The summed E-state index contributed by atoms with van der Waals surface area (Å²) in [5.41, 5.74) is 6.55. The average molecular weight is 375 g/mol. The summed E-state index contributed by atoms with van der Waals surface area (Å²) < 4.78 is 5.17. The largest absolute Gasteiger partial charge is 0.497 e. The fourth-order valence-corrected chi connectivity index (χ4v) is 3.17. The van der Waals surface area contributed by atoms with Crippen molar-refractivity contribution in [2.24, 2.45) is 0 Å². The smallest absolute Gasteiger partial charge is 0.257 e. The van der Waals surface area contributed by atoms with Gasteiger partial charge in [0.25, 0.3) is 5.91 Å². The zero-order chi connectivity index (χ0) is 20.1. The number of ether oxygens (including phenoxy) is 1. The first-order chi connectivity index (χ1) is 13.5. The molecular weight excluding hydrogens is 350 g/mol. The molecule has 0 saturated carbocycles. The Hall–Kier alpha value is -3.34. The summed E-state index contributed by atoms with van der Waals surface area (Å²) in [7, 11) is 1.65. The summed E-state index contributed by atoms with van der Waals surface area (Å²) in [6.07, 6.45) is 3.29. The minimum absolute atomic E-state index is 0.171. The number of hydrogen-bond acceptors (Lipinski definition) is 4. The standard InChI is InChI=1S/C23H25N3O2/c1-15-9-16(2)22(17(3)10-15)26-23(27)19-11-20(14-24-13-19)25-12-18-5-7-21(28-4)8-6-18/h5-11,13-14,25H,12H2,1-4H3,(H,26,27). The number of rotatable bonds is 6. The van der Waals surface area contributed by atoms with Crippen LogP contribution in [0.25, 0.3) is 0 Å². The number of pyridine rings is 1. The van der Waals surface area contributed by atoms with E-state index in [9.17, 15) is 4.79 Å². The Morgan fingerprint density at radius 3 is 2.32 bits per heavy atom. The maximum atomic E-state index is 12.7. The number of aryl methyl sites for hydroxylation is 3. The number of nitrogens with one attached hydrogen (secondary N) is 2. The van der Waals surface area contributed by atoms with Crippen LogP contribution in [0.1, 0.15) is 32.6 Å². The van der Waals surface area contributed by atoms with Crippen LogP contribution in [-0.4, -0.2) is 18.0 Å². The highest BCUT2D eigenvalue weighted by Gasteiger charge is 2.11.